The quantitative estimate of drug-likeness (QED) is 0.454. The minimum atomic E-state index is -0.360. The molecule has 0 aromatic heterocycles. The summed E-state index contributed by atoms with van der Waals surface area (Å²) in [4.78, 5) is 0. The van der Waals surface area contributed by atoms with Crippen LogP contribution in [0, 0.1) is 0 Å². The van der Waals surface area contributed by atoms with Crippen molar-refractivity contribution in [3.63, 3.8) is 0 Å². The van der Waals surface area contributed by atoms with Gasteiger partial charge in [0.15, 0.2) is 11.5 Å². The fraction of sp³-hybridized carbons (Fsp3) is 0.240. The van der Waals surface area contributed by atoms with E-state index in [1.54, 1.807) is 21.3 Å². The summed E-state index contributed by atoms with van der Waals surface area (Å²) in [7, 11) is 4.94. The van der Waals surface area contributed by atoms with Crippen LogP contribution in [-0.4, -0.2) is 32.0 Å². The van der Waals surface area contributed by atoms with Crippen molar-refractivity contribution >= 4 is 21.6 Å². The lowest BCUT2D eigenvalue weighted by Crippen LogP contribution is -2.33. The van der Waals surface area contributed by atoms with E-state index in [-0.39, 0.29) is 12.3 Å². The zero-order chi connectivity index (χ0) is 22.2. The molecule has 0 radical (unpaired) electrons. The zero-order valence-corrected chi connectivity index (χ0v) is 19.6. The molecule has 0 unspecified atom stereocenters. The van der Waals surface area contributed by atoms with Crippen molar-refractivity contribution in [3.05, 3.63) is 81.8 Å². The van der Waals surface area contributed by atoms with Crippen molar-refractivity contribution in [1.29, 1.82) is 0 Å². The van der Waals surface area contributed by atoms with Crippen LogP contribution in [0.25, 0.3) is 0 Å². The molecule has 0 spiro atoms. The van der Waals surface area contributed by atoms with E-state index < -0.39 is 0 Å². The summed E-state index contributed by atoms with van der Waals surface area (Å²) in [6.45, 7) is 0. The highest BCUT2D eigenvalue weighted by Gasteiger charge is 2.41. The van der Waals surface area contributed by atoms with Gasteiger partial charge in [-0.3, -0.25) is 0 Å². The van der Waals surface area contributed by atoms with Gasteiger partial charge in [-0.05, 0) is 48.5 Å². The molecule has 32 heavy (non-hydrogen) atoms. The van der Waals surface area contributed by atoms with Crippen LogP contribution in [0.15, 0.2) is 70.2 Å². The first-order valence-electron chi connectivity index (χ1n) is 10.3. The second-order valence-corrected chi connectivity index (χ2v) is 8.56. The third kappa shape index (κ3) is 3.56. The van der Waals surface area contributed by atoms with Gasteiger partial charge in [0.25, 0.3) is 0 Å². The Morgan fingerprint density at radius 1 is 0.938 bits per heavy atom. The Kier molecular flexibility index (Phi) is 5.43. The third-order valence-electron chi connectivity index (χ3n) is 5.85. The van der Waals surface area contributed by atoms with Gasteiger partial charge in [-0.2, -0.15) is 5.10 Å². The van der Waals surface area contributed by atoms with Crippen molar-refractivity contribution in [2.45, 2.75) is 18.7 Å². The number of halogens is 1. The van der Waals surface area contributed by atoms with E-state index in [0.717, 1.165) is 44.8 Å². The topological polar surface area (TPSA) is 52.5 Å². The van der Waals surface area contributed by atoms with Crippen molar-refractivity contribution in [3.8, 4) is 23.0 Å². The summed E-state index contributed by atoms with van der Waals surface area (Å²) >= 11 is 3.60. The largest absolute Gasteiger partial charge is 0.497 e. The van der Waals surface area contributed by atoms with E-state index in [2.05, 4.69) is 27.0 Å². The lowest BCUT2D eigenvalue weighted by atomic mass is 9.95. The molecule has 2 aliphatic heterocycles. The van der Waals surface area contributed by atoms with E-state index in [0.29, 0.717) is 11.5 Å². The molecular weight excluding hydrogens is 472 g/mol. The van der Waals surface area contributed by atoms with Crippen molar-refractivity contribution < 1.29 is 18.9 Å². The molecule has 164 valence electrons. The molecule has 2 atom stereocenters. The highest BCUT2D eigenvalue weighted by Crippen LogP contribution is 2.48. The van der Waals surface area contributed by atoms with Gasteiger partial charge >= 0.3 is 0 Å². The molecule has 3 aromatic carbocycles. The maximum Gasteiger partial charge on any atom is 0.214 e. The third-order valence-corrected chi connectivity index (χ3v) is 6.34. The fourth-order valence-corrected chi connectivity index (χ4v) is 4.64. The second kappa shape index (κ2) is 8.39. The summed E-state index contributed by atoms with van der Waals surface area (Å²) < 4.78 is 23.8. The first-order valence-corrected chi connectivity index (χ1v) is 11.1. The minimum Gasteiger partial charge on any atom is -0.497 e. The molecule has 0 saturated carbocycles. The smallest absolute Gasteiger partial charge is 0.214 e. The van der Waals surface area contributed by atoms with Gasteiger partial charge in [-0.1, -0.05) is 28.1 Å². The van der Waals surface area contributed by atoms with Crippen LogP contribution in [0.4, 0.5) is 0 Å². The van der Waals surface area contributed by atoms with Crippen LogP contribution in [-0.2, 0) is 0 Å². The first-order chi connectivity index (χ1) is 15.6. The average molecular weight is 495 g/mol. The number of hydrogen-bond acceptors (Lipinski definition) is 6. The Labute approximate surface area is 195 Å². The van der Waals surface area contributed by atoms with Gasteiger partial charge in [0.1, 0.15) is 11.5 Å². The molecule has 0 N–H and O–H groups in total. The SMILES string of the molecule is COc1cccc([C@@H]2Oc3ccc(Br)cc3[C@@H]3CC(c4ccc(OC)c(OC)c4)=NN32)c1. The van der Waals surface area contributed by atoms with Crippen LogP contribution in [0.1, 0.15) is 35.4 Å². The number of hydrazone groups is 1. The number of fused-ring (bicyclic) bond motifs is 3. The molecule has 0 amide bonds. The highest BCUT2D eigenvalue weighted by atomic mass is 79.9. The van der Waals surface area contributed by atoms with E-state index in [9.17, 15) is 0 Å². The Morgan fingerprint density at radius 2 is 1.78 bits per heavy atom. The second-order valence-electron chi connectivity index (χ2n) is 7.65. The number of hydrogen-bond donors (Lipinski definition) is 0. The molecule has 6 nitrogen and oxygen atoms in total. The molecule has 2 aliphatic rings. The summed E-state index contributed by atoms with van der Waals surface area (Å²) in [6, 6.07) is 20.0. The van der Waals surface area contributed by atoms with Crippen molar-refractivity contribution in [2.75, 3.05) is 21.3 Å². The lowest BCUT2D eigenvalue weighted by Gasteiger charge is -2.38. The van der Waals surface area contributed by atoms with Crippen molar-refractivity contribution in [2.24, 2.45) is 5.10 Å². The van der Waals surface area contributed by atoms with Gasteiger partial charge in [-0.25, -0.2) is 5.01 Å². The van der Waals surface area contributed by atoms with Gasteiger partial charge in [0.2, 0.25) is 6.23 Å². The normalized spacial score (nSPS) is 18.9. The van der Waals surface area contributed by atoms with Crippen molar-refractivity contribution in [1.82, 2.24) is 5.01 Å². The van der Waals surface area contributed by atoms with E-state index in [4.69, 9.17) is 24.0 Å². The Hall–Kier alpha value is -3.19. The first kappa shape index (κ1) is 20.7. The molecule has 2 heterocycles. The van der Waals surface area contributed by atoms with Crippen LogP contribution >= 0.6 is 15.9 Å². The van der Waals surface area contributed by atoms with Gasteiger partial charge in [0.05, 0.1) is 33.1 Å². The fourth-order valence-electron chi connectivity index (χ4n) is 4.26. The predicted octanol–water partition coefficient (Wildman–Crippen LogP) is 5.72. The van der Waals surface area contributed by atoms with E-state index >= 15 is 0 Å². The highest BCUT2D eigenvalue weighted by molar-refractivity contribution is 9.10. The number of rotatable bonds is 5. The Balaban J connectivity index is 1.59. The molecule has 0 aliphatic carbocycles. The molecule has 0 fully saturated rings. The Bertz CT molecular complexity index is 1200. The monoisotopic (exact) mass is 494 g/mol. The zero-order valence-electron chi connectivity index (χ0n) is 18.0. The number of benzene rings is 3. The number of methoxy groups -OCH3 is 3. The summed E-state index contributed by atoms with van der Waals surface area (Å²) in [6.07, 6.45) is 0.393. The maximum atomic E-state index is 6.45. The van der Waals surface area contributed by atoms with Crippen LogP contribution in [0.2, 0.25) is 0 Å². The molecule has 5 rings (SSSR count). The van der Waals surface area contributed by atoms with Gasteiger partial charge in [-0.15, -0.1) is 0 Å². The Morgan fingerprint density at radius 3 is 2.56 bits per heavy atom. The minimum absolute atomic E-state index is 0.0514. The van der Waals surface area contributed by atoms with E-state index in [1.807, 2.05) is 54.6 Å². The standard InChI is InChI=1S/C25H23BrN2O4/c1-29-18-6-4-5-16(11-18)25-28-21(19-13-17(26)8-10-22(19)32-25)14-20(27-28)15-7-9-23(30-2)24(12-15)31-3/h4-13,21,25H,14H2,1-3H3/t21-,25-/m0/s1. The molecule has 0 saturated heterocycles. The summed E-state index contributed by atoms with van der Waals surface area (Å²) in [5.74, 6) is 3.03. The molecule has 3 aromatic rings. The predicted molar refractivity (Wildman–Crippen MR) is 126 cm³/mol. The number of nitrogens with zero attached hydrogens (tertiary/aromatic N) is 2. The number of ether oxygens (including phenoxy) is 4. The summed E-state index contributed by atoms with van der Waals surface area (Å²) in [5, 5.41) is 7.08. The van der Waals surface area contributed by atoms with Crippen LogP contribution < -0.4 is 18.9 Å². The lowest BCUT2D eigenvalue weighted by molar-refractivity contribution is -0.0191. The van der Waals surface area contributed by atoms with Crippen LogP contribution in [0.5, 0.6) is 23.0 Å². The maximum absolute atomic E-state index is 6.45. The molecular formula is C25H23BrN2O4. The molecule has 7 heteroatoms. The van der Waals surface area contributed by atoms with Gasteiger partial charge in [0, 0.05) is 27.6 Å². The van der Waals surface area contributed by atoms with E-state index in [1.165, 1.54) is 0 Å². The average Bonchev–Trinajstić information content (AvgIpc) is 3.29. The van der Waals surface area contributed by atoms with Crippen LogP contribution in [0.3, 0.4) is 0 Å². The summed E-state index contributed by atoms with van der Waals surface area (Å²) in [5.41, 5.74) is 4.07. The van der Waals surface area contributed by atoms with Gasteiger partial charge < -0.3 is 18.9 Å². The molecule has 0 bridgehead atoms.